The average molecular weight is 252 g/mol. The first-order valence-electron chi connectivity index (χ1n) is 6.95. The highest BCUT2D eigenvalue weighted by molar-refractivity contribution is 4.97. The first kappa shape index (κ1) is 13.5. The van der Waals surface area contributed by atoms with Crippen molar-refractivity contribution in [3.63, 3.8) is 0 Å². The molecule has 102 valence electrons. The molecule has 2 rings (SSSR count). The molecule has 1 aliphatic rings. The van der Waals surface area contributed by atoms with Crippen molar-refractivity contribution < 1.29 is 4.74 Å². The number of rotatable bonds is 7. The van der Waals surface area contributed by atoms with Gasteiger partial charge >= 0.3 is 0 Å². The minimum Gasteiger partial charge on any atom is -0.381 e. The van der Waals surface area contributed by atoms with Gasteiger partial charge in [0.2, 0.25) is 0 Å². The number of nitrogens with zero attached hydrogens (tertiary/aromatic N) is 3. The summed E-state index contributed by atoms with van der Waals surface area (Å²) >= 11 is 0. The van der Waals surface area contributed by atoms with Crippen LogP contribution >= 0.6 is 0 Å². The molecule has 2 heterocycles. The lowest BCUT2D eigenvalue weighted by Crippen LogP contribution is -2.37. The molecule has 0 spiro atoms. The molecule has 5 heteroatoms. The fourth-order valence-electron chi connectivity index (χ4n) is 2.54. The van der Waals surface area contributed by atoms with E-state index in [4.69, 9.17) is 4.74 Å². The fraction of sp³-hybridized carbons (Fsp3) is 0.846. The summed E-state index contributed by atoms with van der Waals surface area (Å²) < 4.78 is 7.64. The fourth-order valence-corrected chi connectivity index (χ4v) is 2.54. The van der Waals surface area contributed by atoms with Crippen LogP contribution in [0.3, 0.4) is 0 Å². The molecule has 1 aliphatic heterocycles. The van der Waals surface area contributed by atoms with Crippen molar-refractivity contribution in [2.45, 2.75) is 39.7 Å². The standard InChI is InChI=1S/C13H24N4O/c1-3-6-17-12(15-11-16-17)8-13(9-14-4-2)5-7-18-10-13/h11,14H,3-10H2,1-2H3. The summed E-state index contributed by atoms with van der Waals surface area (Å²) in [6.45, 7) is 8.97. The SMILES string of the molecule is CCCn1ncnc1CC1(CNCC)CCOC1. The van der Waals surface area contributed by atoms with Gasteiger partial charge in [0.05, 0.1) is 6.61 Å². The van der Waals surface area contributed by atoms with Gasteiger partial charge in [-0.15, -0.1) is 0 Å². The zero-order valence-electron chi connectivity index (χ0n) is 11.5. The summed E-state index contributed by atoms with van der Waals surface area (Å²) in [5, 5.41) is 7.76. The summed E-state index contributed by atoms with van der Waals surface area (Å²) in [6, 6.07) is 0. The summed E-state index contributed by atoms with van der Waals surface area (Å²) in [7, 11) is 0. The summed E-state index contributed by atoms with van der Waals surface area (Å²) in [5.74, 6) is 1.10. The Hall–Kier alpha value is -0.940. The van der Waals surface area contributed by atoms with Crippen LogP contribution in [0.25, 0.3) is 0 Å². The van der Waals surface area contributed by atoms with E-state index in [1.54, 1.807) is 6.33 Å². The molecule has 0 radical (unpaired) electrons. The van der Waals surface area contributed by atoms with Gasteiger partial charge in [0, 0.05) is 31.5 Å². The number of aryl methyl sites for hydroxylation is 1. The van der Waals surface area contributed by atoms with Gasteiger partial charge in [-0.2, -0.15) is 5.10 Å². The van der Waals surface area contributed by atoms with Crippen molar-refractivity contribution in [3.05, 3.63) is 12.2 Å². The van der Waals surface area contributed by atoms with E-state index < -0.39 is 0 Å². The Morgan fingerprint density at radius 2 is 2.39 bits per heavy atom. The smallest absolute Gasteiger partial charge is 0.138 e. The van der Waals surface area contributed by atoms with Crippen LogP contribution in [0.1, 0.15) is 32.5 Å². The largest absolute Gasteiger partial charge is 0.381 e. The second kappa shape index (κ2) is 6.29. The van der Waals surface area contributed by atoms with Gasteiger partial charge in [0.15, 0.2) is 0 Å². The monoisotopic (exact) mass is 252 g/mol. The lowest BCUT2D eigenvalue weighted by Gasteiger charge is -2.27. The van der Waals surface area contributed by atoms with E-state index in [1.807, 2.05) is 4.68 Å². The van der Waals surface area contributed by atoms with E-state index in [0.717, 1.165) is 57.9 Å². The van der Waals surface area contributed by atoms with E-state index in [2.05, 4.69) is 29.2 Å². The Labute approximate surface area is 109 Å². The van der Waals surface area contributed by atoms with Crippen molar-refractivity contribution in [2.75, 3.05) is 26.3 Å². The molecule has 1 aromatic rings. The van der Waals surface area contributed by atoms with Crippen LogP contribution in [0.2, 0.25) is 0 Å². The summed E-state index contributed by atoms with van der Waals surface area (Å²) in [4.78, 5) is 4.42. The average Bonchev–Trinajstić information content (AvgIpc) is 2.99. The second-order valence-corrected chi connectivity index (χ2v) is 5.16. The lowest BCUT2D eigenvalue weighted by molar-refractivity contribution is 0.147. The van der Waals surface area contributed by atoms with Gasteiger partial charge in [-0.05, 0) is 19.4 Å². The van der Waals surface area contributed by atoms with E-state index >= 15 is 0 Å². The normalized spacial score (nSPS) is 23.7. The predicted molar refractivity (Wildman–Crippen MR) is 70.4 cm³/mol. The molecule has 0 aliphatic carbocycles. The highest BCUT2D eigenvalue weighted by atomic mass is 16.5. The van der Waals surface area contributed by atoms with Crippen molar-refractivity contribution in [3.8, 4) is 0 Å². The van der Waals surface area contributed by atoms with Gasteiger partial charge in [-0.1, -0.05) is 13.8 Å². The number of hydrogen-bond acceptors (Lipinski definition) is 4. The maximum Gasteiger partial charge on any atom is 0.138 e. The quantitative estimate of drug-likeness (QED) is 0.793. The van der Waals surface area contributed by atoms with Crippen molar-refractivity contribution >= 4 is 0 Å². The zero-order chi connectivity index (χ0) is 12.8. The van der Waals surface area contributed by atoms with Gasteiger partial charge in [-0.3, -0.25) is 4.68 Å². The first-order chi connectivity index (χ1) is 8.79. The van der Waals surface area contributed by atoms with Crippen LogP contribution in [0.4, 0.5) is 0 Å². The summed E-state index contributed by atoms with van der Waals surface area (Å²) in [5.41, 5.74) is 0.203. The Morgan fingerprint density at radius 1 is 1.50 bits per heavy atom. The van der Waals surface area contributed by atoms with Gasteiger partial charge < -0.3 is 10.1 Å². The third-order valence-electron chi connectivity index (χ3n) is 3.60. The van der Waals surface area contributed by atoms with Crippen molar-refractivity contribution in [2.24, 2.45) is 5.41 Å². The van der Waals surface area contributed by atoms with Crippen LogP contribution in [0, 0.1) is 5.41 Å². The van der Waals surface area contributed by atoms with Gasteiger partial charge in [0.25, 0.3) is 0 Å². The lowest BCUT2D eigenvalue weighted by atomic mass is 9.83. The molecular weight excluding hydrogens is 228 g/mol. The number of hydrogen-bond donors (Lipinski definition) is 1. The highest BCUT2D eigenvalue weighted by Gasteiger charge is 2.36. The third-order valence-corrected chi connectivity index (χ3v) is 3.60. The molecule has 1 saturated heterocycles. The third kappa shape index (κ3) is 3.09. The van der Waals surface area contributed by atoms with E-state index in [1.165, 1.54) is 0 Å². The Kier molecular flexibility index (Phi) is 4.72. The molecule has 1 atom stereocenters. The van der Waals surface area contributed by atoms with Crippen molar-refractivity contribution in [1.82, 2.24) is 20.1 Å². The topological polar surface area (TPSA) is 52.0 Å². The summed E-state index contributed by atoms with van der Waals surface area (Å²) in [6.07, 6.45) is 4.83. The van der Waals surface area contributed by atoms with Crippen LogP contribution < -0.4 is 5.32 Å². The molecule has 1 N–H and O–H groups in total. The predicted octanol–water partition coefficient (Wildman–Crippen LogP) is 1.25. The van der Waals surface area contributed by atoms with Crippen LogP contribution in [-0.4, -0.2) is 41.1 Å². The zero-order valence-corrected chi connectivity index (χ0v) is 11.5. The molecule has 5 nitrogen and oxygen atoms in total. The van der Waals surface area contributed by atoms with Crippen molar-refractivity contribution in [1.29, 1.82) is 0 Å². The minimum absolute atomic E-state index is 0.203. The molecule has 0 saturated carbocycles. The molecule has 1 fully saturated rings. The van der Waals surface area contributed by atoms with Crippen LogP contribution in [0.15, 0.2) is 6.33 Å². The van der Waals surface area contributed by atoms with Gasteiger partial charge in [0.1, 0.15) is 12.2 Å². The molecule has 0 aromatic carbocycles. The number of ether oxygens (including phenoxy) is 1. The molecule has 18 heavy (non-hydrogen) atoms. The molecular formula is C13H24N4O. The Morgan fingerprint density at radius 3 is 3.06 bits per heavy atom. The number of nitrogens with one attached hydrogen (secondary N) is 1. The second-order valence-electron chi connectivity index (χ2n) is 5.16. The molecule has 1 aromatic heterocycles. The Balaban J connectivity index is 2.05. The molecule has 0 bridgehead atoms. The Bertz CT molecular complexity index is 358. The molecule has 0 amide bonds. The maximum atomic E-state index is 5.61. The van der Waals surface area contributed by atoms with E-state index in [9.17, 15) is 0 Å². The van der Waals surface area contributed by atoms with Crippen LogP contribution in [0.5, 0.6) is 0 Å². The highest BCUT2D eigenvalue weighted by Crippen LogP contribution is 2.31. The van der Waals surface area contributed by atoms with Gasteiger partial charge in [-0.25, -0.2) is 4.98 Å². The minimum atomic E-state index is 0.203. The number of aromatic nitrogens is 3. The molecule has 1 unspecified atom stereocenters. The van der Waals surface area contributed by atoms with E-state index in [-0.39, 0.29) is 5.41 Å². The van der Waals surface area contributed by atoms with Crippen LogP contribution in [-0.2, 0) is 17.7 Å². The maximum absolute atomic E-state index is 5.61. The van der Waals surface area contributed by atoms with E-state index in [0.29, 0.717) is 0 Å². The first-order valence-corrected chi connectivity index (χ1v) is 6.95.